The maximum absolute atomic E-state index is 9.32. The van der Waals surface area contributed by atoms with Gasteiger partial charge in [0.1, 0.15) is 0 Å². The molecule has 0 aromatic carbocycles. The molecule has 0 saturated heterocycles. The lowest BCUT2D eigenvalue weighted by Gasteiger charge is -2.26. The molecule has 1 rings (SSSR count). The van der Waals surface area contributed by atoms with Gasteiger partial charge in [-0.3, -0.25) is 0 Å². The zero-order valence-corrected chi connectivity index (χ0v) is 6.25. The quantitative estimate of drug-likeness (QED) is 0.550. The number of hydrogen-bond acceptors (Lipinski definition) is 2. The van der Waals surface area contributed by atoms with Crippen molar-refractivity contribution in [1.82, 2.24) is 0 Å². The number of nitriles is 1. The molecule has 56 valence electrons. The molecule has 3 unspecified atom stereocenters. The summed E-state index contributed by atoms with van der Waals surface area (Å²) in [6.45, 7) is 2.12. The summed E-state index contributed by atoms with van der Waals surface area (Å²) in [4.78, 5) is 0. The van der Waals surface area contributed by atoms with Crippen LogP contribution in [0.25, 0.3) is 0 Å². The Hall–Kier alpha value is -0.550. The van der Waals surface area contributed by atoms with Crippen molar-refractivity contribution in [2.24, 2.45) is 11.8 Å². The monoisotopic (exact) mass is 139 g/mol. The van der Waals surface area contributed by atoms with Crippen molar-refractivity contribution in [3.05, 3.63) is 0 Å². The zero-order valence-electron chi connectivity index (χ0n) is 6.25. The summed E-state index contributed by atoms with van der Waals surface area (Å²) in [7, 11) is 0. The zero-order chi connectivity index (χ0) is 7.56. The Morgan fingerprint density at radius 1 is 1.50 bits per heavy atom. The molecular weight excluding hydrogens is 126 g/mol. The molecule has 1 saturated carbocycles. The maximum atomic E-state index is 9.32. The Bertz CT molecular complexity index is 150. The highest BCUT2D eigenvalue weighted by atomic mass is 16.3. The topological polar surface area (TPSA) is 44.0 Å². The lowest BCUT2D eigenvalue weighted by atomic mass is 9.81. The van der Waals surface area contributed by atoms with Crippen LogP contribution in [0.15, 0.2) is 0 Å². The predicted molar refractivity (Wildman–Crippen MR) is 38.1 cm³/mol. The molecule has 10 heavy (non-hydrogen) atoms. The minimum absolute atomic E-state index is 0.101. The number of rotatable bonds is 0. The number of nitrogens with zero attached hydrogens (tertiary/aromatic N) is 1. The second-order valence-corrected chi connectivity index (χ2v) is 3.22. The Labute approximate surface area is 61.5 Å². The van der Waals surface area contributed by atoms with Crippen LogP contribution in [0.5, 0.6) is 0 Å². The van der Waals surface area contributed by atoms with Gasteiger partial charge in [0.15, 0.2) is 0 Å². The van der Waals surface area contributed by atoms with Crippen LogP contribution in [0.4, 0.5) is 0 Å². The van der Waals surface area contributed by atoms with Crippen LogP contribution in [0.3, 0.4) is 0 Å². The third-order valence-corrected chi connectivity index (χ3v) is 2.24. The first-order valence-electron chi connectivity index (χ1n) is 3.81. The average Bonchev–Trinajstić information content (AvgIpc) is 1.88. The van der Waals surface area contributed by atoms with Crippen LogP contribution in [-0.4, -0.2) is 11.2 Å². The van der Waals surface area contributed by atoms with E-state index in [1.54, 1.807) is 0 Å². The first-order chi connectivity index (χ1) is 4.74. The van der Waals surface area contributed by atoms with Crippen LogP contribution in [0, 0.1) is 23.2 Å². The van der Waals surface area contributed by atoms with E-state index in [1.807, 2.05) is 0 Å². The van der Waals surface area contributed by atoms with Gasteiger partial charge >= 0.3 is 0 Å². The number of aliphatic hydroxyl groups excluding tert-OH is 1. The summed E-state index contributed by atoms with van der Waals surface area (Å²) in [6, 6.07) is 2.12. The molecule has 0 spiro atoms. The molecule has 1 N–H and O–H groups in total. The Morgan fingerprint density at radius 3 is 2.70 bits per heavy atom. The minimum Gasteiger partial charge on any atom is -0.392 e. The van der Waals surface area contributed by atoms with Gasteiger partial charge in [0.05, 0.1) is 18.1 Å². The Kier molecular flexibility index (Phi) is 2.29. The molecule has 3 atom stereocenters. The van der Waals surface area contributed by atoms with Crippen molar-refractivity contribution in [3.63, 3.8) is 0 Å². The summed E-state index contributed by atoms with van der Waals surface area (Å²) < 4.78 is 0. The summed E-state index contributed by atoms with van der Waals surface area (Å²) >= 11 is 0. The van der Waals surface area contributed by atoms with Crippen LogP contribution < -0.4 is 0 Å². The third-order valence-electron chi connectivity index (χ3n) is 2.24. The molecule has 0 heterocycles. The fraction of sp³-hybridized carbons (Fsp3) is 0.875. The molecule has 0 aromatic rings. The van der Waals surface area contributed by atoms with Gasteiger partial charge in [0, 0.05) is 0 Å². The van der Waals surface area contributed by atoms with Crippen molar-refractivity contribution in [2.45, 2.75) is 32.3 Å². The second-order valence-electron chi connectivity index (χ2n) is 3.22. The fourth-order valence-electron chi connectivity index (χ4n) is 1.50. The van der Waals surface area contributed by atoms with Gasteiger partial charge in [0.2, 0.25) is 0 Å². The molecule has 2 heteroatoms. The molecule has 0 aromatic heterocycles. The smallest absolute Gasteiger partial charge is 0.0722 e. The molecule has 1 fully saturated rings. The molecule has 0 bridgehead atoms. The van der Waals surface area contributed by atoms with Gasteiger partial charge in [0.25, 0.3) is 0 Å². The van der Waals surface area contributed by atoms with Crippen molar-refractivity contribution in [3.8, 4) is 6.07 Å². The minimum atomic E-state index is -0.367. The van der Waals surface area contributed by atoms with Gasteiger partial charge in [-0.1, -0.05) is 6.92 Å². The first kappa shape index (κ1) is 7.56. The van der Waals surface area contributed by atoms with Crippen molar-refractivity contribution in [1.29, 1.82) is 5.26 Å². The van der Waals surface area contributed by atoms with Gasteiger partial charge in [-0.25, -0.2) is 0 Å². The van der Waals surface area contributed by atoms with Crippen LogP contribution in [0.1, 0.15) is 26.2 Å². The maximum Gasteiger partial charge on any atom is 0.0722 e. The van der Waals surface area contributed by atoms with Crippen LogP contribution >= 0.6 is 0 Å². The van der Waals surface area contributed by atoms with E-state index < -0.39 is 0 Å². The highest BCUT2D eigenvalue weighted by Crippen LogP contribution is 2.27. The largest absolute Gasteiger partial charge is 0.392 e. The van der Waals surface area contributed by atoms with Crippen molar-refractivity contribution in [2.75, 3.05) is 0 Å². The van der Waals surface area contributed by atoms with Crippen LogP contribution in [0.2, 0.25) is 0 Å². The molecule has 1 aliphatic carbocycles. The lowest BCUT2D eigenvalue weighted by Crippen LogP contribution is -2.26. The van der Waals surface area contributed by atoms with Crippen molar-refractivity contribution >= 4 is 0 Å². The fourth-order valence-corrected chi connectivity index (χ4v) is 1.50. The van der Waals surface area contributed by atoms with E-state index in [-0.39, 0.29) is 12.0 Å². The van der Waals surface area contributed by atoms with E-state index in [2.05, 4.69) is 13.0 Å². The van der Waals surface area contributed by atoms with E-state index in [9.17, 15) is 5.11 Å². The van der Waals surface area contributed by atoms with E-state index in [0.29, 0.717) is 5.92 Å². The van der Waals surface area contributed by atoms with Crippen molar-refractivity contribution < 1.29 is 5.11 Å². The highest BCUT2D eigenvalue weighted by molar-refractivity contribution is 4.91. The summed E-state index contributed by atoms with van der Waals surface area (Å²) in [5, 5.41) is 17.9. The number of hydrogen-bond donors (Lipinski definition) is 1. The molecule has 0 aliphatic heterocycles. The first-order valence-corrected chi connectivity index (χ1v) is 3.81. The normalized spacial score (nSPS) is 40.7. The molecule has 0 radical (unpaired) electrons. The summed E-state index contributed by atoms with van der Waals surface area (Å²) in [5.74, 6) is 0.496. The standard InChI is InChI=1S/C8H13NO/c1-6-2-3-7(5-9)8(10)4-6/h6-8,10H,2-4H2,1H3. The summed E-state index contributed by atoms with van der Waals surface area (Å²) in [6.07, 6.45) is 2.40. The highest BCUT2D eigenvalue weighted by Gasteiger charge is 2.26. The number of aliphatic hydroxyl groups is 1. The molecule has 2 nitrogen and oxygen atoms in total. The van der Waals surface area contributed by atoms with E-state index in [0.717, 1.165) is 19.3 Å². The lowest BCUT2D eigenvalue weighted by molar-refractivity contribution is 0.0736. The molecule has 0 amide bonds. The second kappa shape index (κ2) is 3.03. The van der Waals surface area contributed by atoms with Gasteiger partial charge < -0.3 is 5.11 Å². The Balaban J connectivity index is 2.45. The van der Waals surface area contributed by atoms with E-state index >= 15 is 0 Å². The third kappa shape index (κ3) is 1.48. The predicted octanol–water partition coefficient (Wildman–Crippen LogP) is 1.31. The van der Waals surface area contributed by atoms with Gasteiger partial charge in [-0.15, -0.1) is 0 Å². The van der Waals surface area contributed by atoms with Crippen LogP contribution in [-0.2, 0) is 0 Å². The molecular formula is C8H13NO. The van der Waals surface area contributed by atoms with E-state index in [4.69, 9.17) is 5.26 Å². The van der Waals surface area contributed by atoms with E-state index in [1.165, 1.54) is 0 Å². The summed E-state index contributed by atoms with van der Waals surface area (Å²) in [5.41, 5.74) is 0. The van der Waals surface area contributed by atoms with Gasteiger partial charge in [-0.05, 0) is 25.2 Å². The molecule has 1 aliphatic rings. The Morgan fingerprint density at radius 2 is 2.20 bits per heavy atom. The average molecular weight is 139 g/mol. The van der Waals surface area contributed by atoms with Gasteiger partial charge in [-0.2, -0.15) is 5.26 Å². The SMILES string of the molecule is CC1CCC(C#N)C(O)C1.